The fraction of sp³-hybridized carbons (Fsp3) is 0.769. The van der Waals surface area contributed by atoms with Crippen LogP contribution in [0.4, 0.5) is 4.79 Å². The van der Waals surface area contributed by atoms with Crippen LogP contribution >= 0.6 is 0 Å². The molecule has 0 N–H and O–H groups in total. The quantitative estimate of drug-likeness (QED) is 0.702. The van der Waals surface area contributed by atoms with Gasteiger partial charge in [0.15, 0.2) is 0 Å². The summed E-state index contributed by atoms with van der Waals surface area (Å²) in [6.45, 7) is 6.89. The fourth-order valence-corrected chi connectivity index (χ4v) is 1.18. The molecule has 0 aliphatic carbocycles. The highest BCUT2D eigenvalue weighted by Crippen LogP contribution is 2.09. The Morgan fingerprint density at radius 1 is 1.05 bits per heavy atom. The largest absolute Gasteiger partial charge is 0.464 e. The summed E-state index contributed by atoms with van der Waals surface area (Å²) in [7, 11) is 3.07. The van der Waals surface area contributed by atoms with E-state index in [9.17, 15) is 14.4 Å². The van der Waals surface area contributed by atoms with E-state index in [1.165, 1.54) is 23.8 Å². The molecular weight excluding hydrogens is 264 g/mol. The molecule has 0 atom stereocenters. The Bertz CT molecular complexity index is 362. The van der Waals surface area contributed by atoms with Crippen LogP contribution in [0.2, 0.25) is 0 Å². The summed E-state index contributed by atoms with van der Waals surface area (Å²) in [6, 6.07) is 0. The third-order valence-corrected chi connectivity index (χ3v) is 2.24. The fourth-order valence-electron chi connectivity index (χ4n) is 1.18. The van der Waals surface area contributed by atoms with Crippen LogP contribution < -0.4 is 0 Å². The van der Waals surface area contributed by atoms with E-state index in [0.717, 1.165) is 0 Å². The Kier molecular flexibility index (Phi) is 7.02. The molecule has 7 heteroatoms. The Labute approximate surface area is 119 Å². The zero-order chi connectivity index (χ0) is 15.9. The first kappa shape index (κ1) is 18.2. The van der Waals surface area contributed by atoms with Crippen LogP contribution in [-0.4, -0.2) is 67.2 Å². The SMILES string of the molecule is CC(=O)OCCN(C)C(=O)CN(C)C(=O)OC(C)(C)C. The number of likely N-dealkylation sites (N-methyl/N-ethyl adjacent to an activating group) is 2. The molecule has 0 saturated carbocycles. The van der Waals surface area contributed by atoms with Gasteiger partial charge in [-0.15, -0.1) is 0 Å². The molecule has 0 aromatic carbocycles. The molecule has 0 spiro atoms. The normalized spacial score (nSPS) is 10.7. The van der Waals surface area contributed by atoms with Gasteiger partial charge in [0.05, 0.1) is 6.54 Å². The number of hydrogen-bond donors (Lipinski definition) is 0. The number of esters is 1. The highest BCUT2D eigenvalue weighted by atomic mass is 16.6. The molecule has 20 heavy (non-hydrogen) atoms. The molecule has 0 aromatic heterocycles. The number of carbonyl (C=O) groups is 3. The summed E-state index contributed by atoms with van der Waals surface area (Å²) in [5.41, 5.74) is -0.602. The predicted molar refractivity (Wildman–Crippen MR) is 73.1 cm³/mol. The number of ether oxygens (including phenoxy) is 2. The molecule has 0 aromatic rings. The van der Waals surface area contributed by atoms with Crippen LogP contribution in [0.1, 0.15) is 27.7 Å². The zero-order valence-electron chi connectivity index (χ0n) is 13.1. The lowest BCUT2D eigenvalue weighted by atomic mass is 10.2. The van der Waals surface area contributed by atoms with Crippen molar-refractivity contribution in [1.29, 1.82) is 0 Å². The Morgan fingerprint density at radius 2 is 1.60 bits per heavy atom. The Morgan fingerprint density at radius 3 is 2.05 bits per heavy atom. The van der Waals surface area contributed by atoms with E-state index < -0.39 is 17.7 Å². The lowest BCUT2D eigenvalue weighted by Crippen LogP contribution is -2.42. The molecule has 0 fully saturated rings. The van der Waals surface area contributed by atoms with Crippen LogP contribution in [0.25, 0.3) is 0 Å². The van der Waals surface area contributed by atoms with Crippen molar-refractivity contribution < 1.29 is 23.9 Å². The van der Waals surface area contributed by atoms with Crippen molar-refractivity contribution >= 4 is 18.0 Å². The van der Waals surface area contributed by atoms with Crippen LogP contribution in [0.5, 0.6) is 0 Å². The molecule has 0 rings (SSSR count). The molecule has 0 unspecified atom stereocenters. The highest BCUT2D eigenvalue weighted by molar-refractivity contribution is 5.82. The summed E-state index contributed by atoms with van der Waals surface area (Å²) >= 11 is 0. The second kappa shape index (κ2) is 7.72. The minimum Gasteiger partial charge on any atom is -0.464 e. The topological polar surface area (TPSA) is 76.2 Å². The first-order valence-electron chi connectivity index (χ1n) is 6.34. The minimum absolute atomic E-state index is 0.0918. The van der Waals surface area contributed by atoms with Gasteiger partial charge in [-0.1, -0.05) is 0 Å². The zero-order valence-corrected chi connectivity index (χ0v) is 13.1. The third-order valence-electron chi connectivity index (χ3n) is 2.24. The second-order valence-electron chi connectivity index (χ2n) is 5.49. The maximum Gasteiger partial charge on any atom is 0.410 e. The summed E-state index contributed by atoms with van der Waals surface area (Å²) in [5, 5.41) is 0. The van der Waals surface area contributed by atoms with Crippen LogP contribution in [0.15, 0.2) is 0 Å². The van der Waals surface area contributed by atoms with Gasteiger partial charge in [0.2, 0.25) is 5.91 Å². The molecule has 116 valence electrons. The molecule has 0 aliphatic heterocycles. The van der Waals surface area contributed by atoms with E-state index in [4.69, 9.17) is 9.47 Å². The van der Waals surface area contributed by atoms with Crippen molar-refractivity contribution in [2.75, 3.05) is 33.8 Å². The first-order chi connectivity index (χ1) is 9.03. The summed E-state index contributed by atoms with van der Waals surface area (Å²) in [4.78, 5) is 36.7. The molecule has 0 bridgehead atoms. The van der Waals surface area contributed by atoms with Gasteiger partial charge in [-0.2, -0.15) is 0 Å². The first-order valence-corrected chi connectivity index (χ1v) is 6.34. The van der Waals surface area contributed by atoms with E-state index in [2.05, 4.69) is 0 Å². The minimum atomic E-state index is -0.602. The lowest BCUT2D eigenvalue weighted by molar-refractivity contribution is -0.143. The number of rotatable bonds is 5. The smallest absolute Gasteiger partial charge is 0.410 e. The van der Waals surface area contributed by atoms with E-state index in [-0.39, 0.29) is 25.6 Å². The number of hydrogen-bond acceptors (Lipinski definition) is 5. The van der Waals surface area contributed by atoms with E-state index >= 15 is 0 Å². The maximum atomic E-state index is 11.8. The van der Waals surface area contributed by atoms with E-state index in [1.54, 1.807) is 27.8 Å². The van der Waals surface area contributed by atoms with Gasteiger partial charge >= 0.3 is 12.1 Å². The monoisotopic (exact) mass is 288 g/mol. The summed E-state index contributed by atoms with van der Waals surface area (Å²) in [5.74, 6) is -0.651. The van der Waals surface area contributed by atoms with Gasteiger partial charge in [-0.3, -0.25) is 9.59 Å². The Balaban J connectivity index is 4.17. The lowest BCUT2D eigenvalue weighted by Gasteiger charge is -2.25. The molecule has 7 nitrogen and oxygen atoms in total. The summed E-state index contributed by atoms with van der Waals surface area (Å²) in [6.07, 6.45) is -0.556. The van der Waals surface area contributed by atoms with Crippen molar-refractivity contribution in [2.24, 2.45) is 0 Å². The average Bonchev–Trinajstić information content (AvgIpc) is 2.25. The molecular formula is C13H24N2O5. The molecule has 2 amide bonds. The van der Waals surface area contributed by atoms with E-state index in [1.807, 2.05) is 0 Å². The molecule has 0 radical (unpaired) electrons. The van der Waals surface area contributed by atoms with Crippen molar-refractivity contribution in [3.63, 3.8) is 0 Å². The van der Waals surface area contributed by atoms with Crippen molar-refractivity contribution in [3.8, 4) is 0 Å². The van der Waals surface area contributed by atoms with Crippen LogP contribution in [0.3, 0.4) is 0 Å². The van der Waals surface area contributed by atoms with E-state index in [0.29, 0.717) is 0 Å². The van der Waals surface area contributed by atoms with Gasteiger partial charge < -0.3 is 19.3 Å². The number of carbonyl (C=O) groups excluding carboxylic acids is 3. The predicted octanol–water partition coefficient (Wildman–Crippen LogP) is 0.875. The third kappa shape index (κ3) is 8.34. The van der Waals surface area contributed by atoms with Crippen molar-refractivity contribution in [1.82, 2.24) is 9.80 Å². The van der Waals surface area contributed by atoms with Gasteiger partial charge in [-0.05, 0) is 20.8 Å². The van der Waals surface area contributed by atoms with Gasteiger partial charge in [0.25, 0.3) is 0 Å². The highest BCUT2D eigenvalue weighted by Gasteiger charge is 2.22. The molecule has 0 aliphatic rings. The molecule has 0 saturated heterocycles. The molecule has 0 heterocycles. The van der Waals surface area contributed by atoms with Gasteiger partial charge in [0, 0.05) is 21.0 Å². The van der Waals surface area contributed by atoms with Crippen LogP contribution in [0, 0.1) is 0 Å². The summed E-state index contributed by atoms with van der Waals surface area (Å²) < 4.78 is 9.88. The van der Waals surface area contributed by atoms with Gasteiger partial charge in [0.1, 0.15) is 18.8 Å². The Hall–Kier alpha value is -1.79. The van der Waals surface area contributed by atoms with Gasteiger partial charge in [-0.25, -0.2) is 4.79 Å². The average molecular weight is 288 g/mol. The maximum absolute atomic E-state index is 11.8. The number of amides is 2. The second-order valence-corrected chi connectivity index (χ2v) is 5.49. The standard InChI is InChI=1S/C13H24N2O5/c1-10(16)19-8-7-14(5)11(17)9-15(6)12(18)20-13(2,3)4/h7-9H2,1-6H3. The van der Waals surface area contributed by atoms with Crippen LogP contribution in [-0.2, 0) is 19.1 Å². The van der Waals surface area contributed by atoms with Crippen molar-refractivity contribution in [3.05, 3.63) is 0 Å². The number of nitrogens with zero attached hydrogens (tertiary/aromatic N) is 2. The van der Waals surface area contributed by atoms with Crippen molar-refractivity contribution in [2.45, 2.75) is 33.3 Å².